The fourth-order valence-electron chi connectivity index (χ4n) is 3.14. The van der Waals surface area contributed by atoms with Crippen LogP contribution < -0.4 is 4.74 Å². The second-order valence-corrected chi connectivity index (χ2v) is 9.37. The van der Waals surface area contributed by atoms with Crippen molar-refractivity contribution in [2.75, 3.05) is 7.11 Å². The molecule has 1 unspecified atom stereocenters. The highest BCUT2D eigenvalue weighted by Crippen LogP contribution is 2.36. The van der Waals surface area contributed by atoms with Crippen molar-refractivity contribution in [3.05, 3.63) is 59.3 Å². The van der Waals surface area contributed by atoms with Crippen LogP contribution in [0.5, 0.6) is 5.88 Å². The standard InChI is InChI=1S/C21H26N2O2S/c1-21(2,3)26-23-16(11-10-15-8-6-5-7-9-15)14-18-17(20(23)24)12-13-19(22-18)25-4/h5-9,12-13,16H,10-11,14H2,1-4H3. The Labute approximate surface area is 160 Å². The number of amides is 1. The minimum Gasteiger partial charge on any atom is -0.481 e. The minimum atomic E-state index is -0.0297. The fraction of sp³-hybridized carbons (Fsp3) is 0.429. The number of hydrogen-bond acceptors (Lipinski definition) is 4. The molecule has 4 nitrogen and oxygen atoms in total. The molecule has 0 saturated carbocycles. The van der Waals surface area contributed by atoms with E-state index in [-0.39, 0.29) is 16.7 Å². The van der Waals surface area contributed by atoms with Crippen molar-refractivity contribution in [2.45, 2.75) is 50.8 Å². The summed E-state index contributed by atoms with van der Waals surface area (Å²) in [4.78, 5) is 17.7. The van der Waals surface area contributed by atoms with Crippen LogP contribution in [0.15, 0.2) is 42.5 Å². The molecule has 3 rings (SSSR count). The number of rotatable bonds is 5. The van der Waals surface area contributed by atoms with Crippen LogP contribution in [0.4, 0.5) is 0 Å². The Morgan fingerprint density at radius 1 is 1.19 bits per heavy atom. The van der Waals surface area contributed by atoms with Gasteiger partial charge in [0.25, 0.3) is 5.91 Å². The van der Waals surface area contributed by atoms with E-state index < -0.39 is 0 Å². The molecule has 0 spiro atoms. The third-order valence-corrected chi connectivity index (χ3v) is 5.54. The molecule has 0 aliphatic carbocycles. The van der Waals surface area contributed by atoms with E-state index in [1.54, 1.807) is 25.1 Å². The van der Waals surface area contributed by atoms with Gasteiger partial charge in [0.05, 0.1) is 18.4 Å². The highest BCUT2D eigenvalue weighted by Gasteiger charge is 2.36. The van der Waals surface area contributed by atoms with Crippen LogP contribution in [0.1, 0.15) is 48.8 Å². The number of fused-ring (bicyclic) bond motifs is 1. The summed E-state index contributed by atoms with van der Waals surface area (Å²) in [6.07, 6.45) is 2.62. The maximum atomic E-state index is 13.1. The minimum absolute atomic E-state index is 0.0297. The van der Waals surface area contributed by atoms with Crippen LogP contribution in [0.2, 0.25) is 0 Å². The highest BCUT2D eigenvalue weighted by atomic mass is 32.2. The predicted molar refractivity (Wildman–Crippen MR) is 107 cm³/mol. The Hall–Kier alpha value is -2.01. The molecule has 1 amide bonds. The number of methoxy groups -OCH3 is 1. The van der Waals surface area contributed by atoms with E-state index in [1.165, 1.54) is 5.56 Å². The summed E-state index contributed by atoms with van der Waals surface area (Å²) < 4.78 is 7.19. The van der Waals surface area contributed by atoms with Gasteiger partial charge < -0.3 is 4.74 Å². The van der Waals surface area contributed by atoms with Crippen molar-refractivity contribution >= 4 is 17.9 Å². The zero-order valence-electron chi connectivity index (χ0n) is 15.9. The number of hydrogen-bond donors (Lipinski definition) is 0. The molecule has 2 heterocycles. The summed E-state index contributed by atoms with van der Waals surface area (Å²) in [5.74, 6) is 0.620. The van der Waals surface area contributed by atoms with Crippen molar-refractivity contribution in [1.29, 1.82) is 0 Å². The first-order chi connectivity index (χ1) is 12.4. The molecule has 1 aromatic heterocycles. The van der Waals surface area contributed by atoms with Gasteiger partial charge in [0, 0.05) is 23.3 Å². The normalized spacial score (nSPS) is 17.2. The van der Waals surface area contributed by atoms with Crippen molar-refractivity contribution < 1.29 is 9.53 Å². The van der Waals surface area contributed by atoms with Crippen molar-refractivity contribution in [3.63, 3.8) is 0 Å². The van der Waals surface area contributed by atoms with E-state index in [9.17, 15) is 4.79 Å². The maximum Gasteiger partial charge on any atom is 0.265 e. The van der Waals surface area contributed by atoms with E-state index in [0.29, 0.717) is 11.4 Å². The SMILES string of the molecule is COc1ccc2c(n1)CC(CCc1ccccc1)N(SC(C)(C)C)C2=O. The van der Waals surface area contributed by atoms with Gasteiger partial charge in [-0.15, -0.1) is 0 Å². The maximum absolute atomic E-state index is 13.1. The Bertz CT molecular complexity index is 771. The van der Waals surface area contributed by atoms with Crippen LogP contribution in [0.25, 0.3) is 0 Å². The topological polar surface area (TPSA) is 42.4 Å². The summed E-state index contributed by atoms with van der Waals surface area (Å²) in [6.45, 7) is 6.42. The second-order valence-electron chi connectivity index (χ2n) is 7.56. The van der Waals surface area contributed by atoms with E-state index in [1.807, 2.05) is 16.4 Å². The zero-order valence-corrected chi connectivity index (χ0v) is 16.7. The number of carbonyl (C=O) groups is 1. The number of ether oxygens (including phenoxy) is 1. The number of nitrogens with zero attached hydrogens (tertiary/aromatic N) is 2. The van der Waals surface area contributed by atoms with Gasteiger partial charge in [0.15, 0.2) is 0 Å². The van der Waals surface area contributed by atoms with Gasteiger partial charge in [-0.2, -0.15) is 0 Å². The summed E-state index contributed by atoms with van der Waals surface area (Å²) >= 11 is 1.63. The van der Waals surface area contributed by atoms with Gasteiger partial charge in [-0.3, -0.25) is 9.10 Å². The molecule has 0 bridgehead atoms. The Kier molecular flexibility index (Phi) is 5.56. The first kappa shape index (κ1) is 18.8. The molecule has 0 saturated heterocycles. The highest BCUT2D eigenvalue weighted by molar-refractivity contribution is 7.98. The average Bonchev–Trinajstić information content (AvgIpc) is 2.62. The monoisotopic (exact) mass is 370 g/mol. The van der Waals surface area contributed by atoms with Crippen LogP contribution in [-0.4, -0.2) is 33.1 Å². The number of benzene rings is 1. The van der Waals surface area contributed by atoms with Crippen LogP contribution >= 0.6 is 11.9 Å². The Morgan fingerprint density at radius 2 is 1.92 bits per heavy atom. The Morgan fingerprint density at radius 3 is 2.58 bits per heavy atom. The van der Waals surface area contributed by atoms with Gasteiger partial charge in [-0.05, 0) is 57.2 Å². The lowest BCUT2D eigenvalue weighted by molar-refractivity contribution is 0.0806. The van der Waals surface area contributed by atoms with Crippen LogP contribution in [0.3, 0.4) is 0 Å². The molecule has 2 aromatic rings. The average molecular weight is 371 g/mol. The van der Waals surface area contributed by atoms with Crippen molar-refractivity contribution in [2.24, 2.45) is 0 Å². The second kappa shape index (κ2) is 7.70. The molecule has 1 aliphatic heterocycles. The summed E-state index contributed by atoms with van der Waals surface area (Å²) in [5.41, 5.74) is 2.83. The molecule has 0 radical (unpaired) electrons. The number of aromatic nitrogens is 1. The molecule has 0 N–H and O–H groups in total. The van der Waals surface area contributed by atoms with E-state index in [4.69, 9.17) is 4.74 Å². The quantitative estimate of drug-likeness (QED) is 0.725. The molecule has 1 aliphatic rings. The summed E-state index contributed by atoms with van der Waals surface area (Å²) in [7, 11) is 1.61. The smallest absolute Gasteiger partial charge is 0.265 e. The van der Waals surface area contributed by atoms with Gasteiger partial charge in [0.2, 0.25) is 5.88 Å². The summed E-state index contributed by atoms with van der Waals surface area (Å²) in [6, 6.07) is 14.2. The first-order valence-corrected chi connectivity index (χ1v) is 9.75. The lowest BCUT2D eigenvalue weighted by Gasteiger charge is -2.38. The molecule has 0 fully saturated rings. The van der Waals surface area contributed by atoms with Crippen LogP contribution in [0, 0.1) is 0 Å². The molecule has 138 valence electrons. The summed E-state index contributed by atoms with van der Waals surface area (Å²) in [5, 5.41) is 0. The lowest BCUT2D eigenvalue weighted by Crippen LogP contribution is -2.44. The largest absolute Gasteiger partial charge is 0.481 e. The van der Waals surface area contributed by atoms with Crippen molar-refractivity contribution in [1.82, 2.24) is 9.29 Å². The number of carbonyl (C=O) groups excluding carboxylic acids is 1. The number of pyridine rings is 1. The predicted octanol–water partition coefficient (Wildman–Crippen LogP) is 4.54. The molecular weight excluding hydrogens is 344 g/mol. The Balaban J connectivity index is 1.86. The van der Waals surface area contributed by atoms with Gasteiger partial charge >= 0.3 is 0 Å². The van der Waals surface area contributed by atoms with Crippen LogP contribution in [-0.2, 0) is 12.8 Å². The zero-order chi connectivity index (χ0) is 18.7. The lowest BCUT2D eigenvalue weighted by atomic mass is 9.95. The molecule has 1 atom stereocenters. The third-order valence-electron chi connectivity index (χ3n) is 4.33. The molecular formula is C21H26N2O2S. The molecule has 26 heavy (non-hydrogen) atoms. The first-order valence-electron chi connectivity index (χ1n) is 8.98. The van der Waals surface area contributed by atoms with E-state index >= 15 is 0 Å². The third kappa shape index (κ3) is 4.39. The molecule has 1 aromatic carbocycles. The van der Waals surface area contributed by atoms with Gasteiger partial charge in [-0.1, -0.05) is 30.3 Å². The number of aryl methyl sites for hydroxylation is 1. The van der Waals surface area contributed by atoms with Gasteiger partial charge in [-0.25, -0.2) is 4.98 Å². The van der Waals surface area contributed by atoms with E-state index in [0.717, 1.165) is 25.0 Å². The van der Waals surface area contributed by atoms with Crippen molar-refractivity contribution in [3.8, 4) is 5.88 Å². The fourth-order valence-corrected chi connectivity index (χ4v) is 4.24. The molecule has 5 heteroatoms. The van der Waals surface area contributed by atoms with E-state index in [2.05, 4.69) is 50.0 Å². The van der Waals surface area contributed by atoms with Gasteiger partial charge in [0.1, 0.15) is 0 Å².